The molecule has 0 unspecified atom stereocenters. The van der Waals surface area contributed by atoms with Gasteiger partial charge in [-0.1, -0.05) is 47.1 Å². The zero-order chi connectivity index (χ0) is 25.3. The lowest BCUT2D eigenvalue weighted by Gasteiger charge is -2.49. The summed E-state index contributed by atoms with van der Waals surface area (Å²) in [6, 6.07) is 0. The summed E-state index contributed by atoms with van der Waals surface area (Å²) < 4.78 is 25.6. The number of carbonyl (C=O) groups excluding carboxylic acids is 1. The van der Waals surface area contributed by atoms with Gasteiger partial charge in [-0.25, -0.2) is 4.79 Å². The molecule has 188 valence electrons. The van der Waals surface area contributed by atoms with Crippen molar-refractivity contribution < 1.29 is 22.8 Å². The molecule has 0 bridgehead atoms. The van der Waals surface area contributed by atoms with Crippen molar-refractivity contribution in [3.8, 4) is 0 Å². The summed E-state index contributed by atoms with van der Waals surface area (Å²) in [7, 11) is -4.58. The van der Waals surface area contributed by atoms with Crippen molar-refractivity contribution in [2.75, 3.05) is 7.11 Å². The van der Waals surface area contributed by atoms with Crippen molar-refractivity contribution in [1.29, 1.82) is 0 Å². The van der Waals surface area contributed by atoms with Gasteiger partial charge in [-0.05, 0) is 68.7 Å². The Morgan fingerprint density at radius 2 is 1.16 bits per heavy atom. The van der Waals surface area contributed by atoms with E-state index in [9.17, 15) is 4.79 Å². The van der Waals surface area contributed by atoms with Crippen LogP contribution in [0.2, 0.25) is 55.9 Å². The molecule has 0 saturated heterocycles. The number of rotatable bonds is 7. The van der Waals surface area contributed by atoms with Crippen LogP contribution in [0.25, 0.3) is 0 Å². The summed E-state index contributed by atoms with van der Waals surface area (Å²) in [6.45, 7) is 29.3. The molecule has 1 aliphatic carbocycles. The van der Waals surface area contributed by atoms with Gasteiger partial charge in [-0.3, -0.25) is 0 Å². The number of hydrogen-bond donors (Lipinski definition) is 0. The molecule has 0 heterocycles. The van der Waals surface area contributed by atoms with E-state index in [4.69, 9.17) is 18.0 Å². The molecule has 8 heteroatoms. The van der Waals surface area contributed by atoms with Gasteiger partial charge in [-0.15, -0.1) is 0 Å². The van der Waals surface area contributed by atoms with Crippen molar-refractivity contribution in [3.63, 3.8) is 0 Å². The van der Waals surface area contributed by atoms with Gasteiger partial charge >= 0.3 is 5.97 Å². The highest BCUT2D eigenvalue weighted by Gasteiger charge is 2.49. The van der Waals surface area contributed by atoms with Crippen LogP contribution in [-0.4, -0.2) is 56.3 Å². The smallest absolute Gasteiger partial charge is 0.330 e. The van der Waals surface area contributed by atoms with Gasteiger partial charge in [0.2, 0.25) is 0 Å². The molecule has 0 aliphatic heterocycles. The minimum Gasteiger partial charge on any atom is -0.466 e. The topological polar surface area (TPSA) is 54.0 Å². The standard InChI is InChI=1S/C24H50O5Si3/c1-23(2,3)31(11,12)27-19-15-18(17-21(25)26-7)16-20(22(19)29-30(8,9)10)28-32(13,14)24(4,5)6/h17,19-20,22H,15-16H2,1-14H3/t19-,20-,22?/m1/s1. The Morgan fingerprint density at radius 3 is 1.44 bits per heavy atom. The van der Waals surface area contributed by atoms with Gasteiger partial charge in [0.15, 0.2) is 25.0 Å². The SMILES string of the molecule is COC(=O)C=C1C[C@@H](O[Si](C)(C)C(C)(C)C)C(O[Si](C)(C)C)[C@H](O[Si](C)(C)C(C)(C)C)C1. The van der Waals surface area contributed by atoms with E-state index in [-0.39, 0.29) is 34.4 Å². The highest BCUT2D eigenvalue weighted by atomic mass is 28.4. The van der Waals surface area contributed by atoms with Gasteiger partial charge in [-0.2, -0.15) is 0 Å². The van der Waals surface area contributed by atoms with E-state index in [1.807, 2.05) is 0 Å². The van der Waals surface area contributed by atoms with E-state index in [0.717, 1.165) is 5.57 Å². The van der Waals surface area contributed by atoms with Crippen LogP contribution in [0.4, 0.5) is 0 Å². The molecule has 0 aromatic carbocycles. The lowest BCUT2D eigenvalue weighted by Crippen LogP contribution is -2.58. The maximum Gasteiger partial charge on any atom is 0.330 e. The second-order valence-corrected chi connectivity index (χ2v) is 27.2. The third kappa shape index (κ3) is 8.20. The summed E-state index contributed by atoms with van der Waals surface area (Å²) in [4.78, 5) is 12.1. The van der Waals surface area contributed by atoms with Gasteiger partial charge < -0.3 is 18.0 Å². The molecule has 0 aromatic rings. The molecule has 2 atom stereocenters. The molecule has 1 saturated carbocycles. The van der Waals surface area contributed by atoms with E-state index in [1.54, 1.807) is 6.08 Å². The number of ether oxygens (including phenoxy) is 1. The Balaban J connectivity index is 3.48. The van der Waals surface area contributed by atoms with Crippen LogP contribution in [-0.2, 0) is 22.8 Å². The molecular formula is C24H50O5Si3. The number of hydrogen-bond acceptors (Lipinski definition) is 5. The van der Waals surface area contributed by atoms with Crippen LogP contribution in [0, 0.1) is 0 Å². The number of esters is 1. The maximum atomic E-state index is 12.1. The Labute approximate surface area is 201 Å². The summed E-state index contributed by atoms with van der Waals surface area (Å²) in [5, 5.41) is 0.159. The minimum absolute atomic E-state index is 0.0795. The third-order valence-corrected chi connectivity index (χ3v) is 17.2. The fourth-order valence-electron chi connectivity index (χ4n) is 3.30. The lowest BCUT2D eigenvalue weighted by atomic mass is 9.87. The molecule has 0 amide bonds. The van der Waals surface area contributed by atoms with E-state index in [1.165, 1.54) is 7.11 Å². The zero-order valence-corrected chi connectivity index (χ0v) is 26.3. The first kappa shape index (κ1) is 29.8. The Hall–Kier alpha value is -0.259. The molecule has 1 fully saturated rings. The average molecular weight is 503 g/mol. The van der Waals surface area contributed by atoms with Crippen molar-refractivity contribution in [1.82, 2.24) is 0 Å². The highest BCUT2D eigenvalue weighted by Crippen LogP contribution is 2.44. The number of methoxy groups -OCH3 is 1. The third-order valence-electron chi connectivity index (χ3n) is 7.18. The van der Waals surface area contributed by atoms with Gasteiger partial charge in [0.25, 0.3) is 0 Å². The molecule has 0 aromatic heterocycles. The van der Waals surface area contributed by atoms with Crippen LogP contribution < -0.4 is 0 Å². The lowest BCUT2D eigenvalue weighted by molar-refractivity contribution is -0.135. The maximum absolute atomic E-state index is 12.1. The molecule has 1 aliphatic rings. The molecule has 32 heavy (non-hydrogen) atoms. The Morgan fingerprint density at radius 1 is 0.781 bits per heavy atom. The van der Waals surface area contributed by atoms with Crippen LogP contribution in [0.3, 0.4) is 0 Å². The summed E-state index contributed by atoms with van der Waals surface area (Å²) >= 11 is 0. The van der Waals surface area contributed by atoms with Crippen molar-refractivity contribution in [2.24, 2.45) is 0 Å². The summed E-state index contributed by atoms with van der Waals surface area (Å²) in [5.74, 6) is -0.318. The van der Waals surface area contributed by atoms with Crippen LogP contribution in [0.15, 0.2) is 11.6 Å². The number of carbonyl (C=O) groups is 1. The van der Waals surface area contributed by atoms with E-state index in [0.29, 0.717) is 12.8 Å². The Bertz CT molecular complexity index is 641. The Kier molecular flexibility index (Phi) is 9.45. The fourth-order valence-corrected chi connectivity index (χ4v) is 7.08. The van der Waals surface area contributed by atoms with Crippen LogP contribution in [0.1, 0.15) is 54.4 Å². The molecule has 5 nitrogen and oxygen atoms in total. The quantitative estimate of drug-likeness (QED) is 0.216. The van der Waals surface area contributed by atoms with E-state index >= 15 is 0 Å². The van der Waals surface area contributed by atoms with Gasteiger partial charge in [0, 0.05) is 6.08 Å². The first-order chi connectivity index (χ1) is 14.1. The summed E-state index contributed by atoms with van der Waals surface area (Å²) in [5.41, 5.74) is 1.03. The van der Waals surface area contributed by atoms with Crippen molar-refractivity contribution in [3.05, 3.63) is 11.6 Å². The predicted molar refractivity (Wildman–Crippen MR) is 142 cm³/mol. The van der Waals surface area contributed by atoms with Gasteiger partial charge in [0.05, 0.1) is 25.4 Å². The molecular weight excluding hydrogens is 453 g/mol. The van der Waals surface area contributed by atoms with Crippen LogP contribution in [0.5, 0.6) is 0 Å². The minimum atomic E-state index is -2.06. The van der Waals surface area contributed by atoms with Gasteiger partial charge in [0.1, 0.15) is 0 Å². The molecule has 0 radical (unpaired) electrons. The molecule has 0 N–H and O–H groups in total. The van der Waals surface area contributed by atoms with E-state index in [2.05, 4.69) is 87.4 Å². The largest absolute Gasteiger partial charge is 0.466 e. The monoisotopic (exact) mass is 502 g/mol. The zero-order valence-electron chi connectivity index (χ0n) is 23.3. The molecule has 0 spiro atoms. The second kappa shape index (κ2) is 10.2. The average Bonchev–Trinajstić information content (AvgIpc) is 2.54. The highest BCUT2D eigenvalue weighted by molar-refractivity contribution is 6.74. The molecule has 1 rings (SSSR count). The van der Waals surface area contributed by atoms with E-state index < -0.39 is 25.0 Å². The van der Waals surface area contributed by atoms with Crippen molar-refractivity contribution in [2.45, 2.75) is 129 Å². The first-order valence-corrected chi connectivity index (χ1v) is 21.1. The normalized spacial score (nSPS) is 23.8. The van der Waals surface area contributed by atoms with Crippen molar-refractivity contribution >= 4 is 30.9 Å². The second-order valence-electron chi connectivity index (χ2n) is 13.3. The first-order valence-electron chi connectivity index (χ1n) is 11.9. The summed E-state index contributed by atoms with van der Waals surface area (Å²) in [6.07, 6.45) is 2.57. The predicted octanol–water partition coefficient (Wildman–Crippen LogP) is 6.88. The van der Waals surface area contributed by atoms with Crippen LogP contribution >= 0.6 is 0 Å². The fraction of sp³-hybridized carbons (Fsp3) is 0.875.